The Balaban J connectivity index is 1.35. The molecule has 12 rings (SSSR count). The van der Waals surface area contributed by atoms with E-state index in [1.807, 2.05) is 0 Å². The van der Waals surface area contributed by atoms with Gasteiger partial charge in [-0.25, -0.2) is 0 Å². The van der Waals surface area contributed by atoms with Crippen molar-refractivity contribution >= 4 is 86.2 Å². The molecule has 0 aliphatic heterocycles. The van der Waals surface area contributed by atoms with Gasteiger partial charge in [0.15, 0.2) is 0 Å². The molecule has 0 aliphatic carbocycles. The summed E-state index contributed by atoms with van der Waals surface area (Å²) in [5.74, 6) is 0. The molecule has 0 radical (unpaired) electrons. The van der Waals surface area contributed by atoms with Gasteiger partial charge >= 0.3 is 0 Å². The maximum atomic E-state index is 2.53. The average molecular weight is 655 g/mol. The van der Waals surface area contributed by atoms with Gasteiger partial charge in [0.1, 0.15) is 0 Å². The first-order chi connectivity index (χ1) is 25.8. The summed E-state index contributed by atoms with van der Waals surface area (Å²) in [6.07, 6.45) is 0. The minimum Gasteiger partial charge on any atom is -0.0622 e. The summed E-state index contributed by atoms with van der Waals surface area (Å²) >= 11 is 0. The summed E-state index contributed by atoms with van der Waals surface area (Å²) in [5, 5.41) is 21.1. The van der Waals surface area contributed by atoms with Gasteiger partial charge in [-0.2, -0.15) is 0 Å². The van der Waals surface area contributed by atoms with Crippen LogP contribution in [0.3, 0.4) is 0 Å². The summed E-state index contributed by atoms with van der Waals surface area (Å²) in [5.41, 5.74) is 7.66. The topological polar surface area (TPSA) is 0 Å². The molecule has 0 unspecified atom stereocenters. The van der Waals surface area contributed by atoms with Crippen molar-refractivity contribution in [3.8, 4) is 33.4 Å². The lowest BCUT2D eigenvalue weighted by atomic mass is 9.85. The maximum Gasteiger partial charge on any atom is -0.000719 e. The van der Waals surface area contributed by atoms with Crippen molar-refractivity contribution in [2.24, 2.45) is 0 Å². The molecule has 0 bridgehead atoms. The highest BCUT2D eigenvalue weighted by Gasteiger charge is 2.25. The second kappa shape index (κ2) is 10.4. The average Bonchev–Trinajstić information content (AvgIpc) is 3.71. The molecule has 0 saturated heterocycles. The van der Waals surface area contributed by atoms with E-state index in [0.717, 1.165) is 0 Å². The van der Waals surface area contributed by atoms with Crippen molar-refractivity contribution in [3.05, 3.63) is 182 Å². The lowest BCUT2D eigenvalue weighted by Crippen LogP contribution is -1.89. The Morgan fingerprint density at radius 2 is 0.673 bits per heavy atom. The number of fused-ring (bicyclic) bond motifs is 9. The van der Waals surface area contributed by atoms with Crippen LogP contribution in [0.4, 0.5) is 0 Å². The highest BCUT2D eigenvalue weighted by molar-refractivity contribution is 6.43. The van der Waals surface area contributed by atoms with E-state index in [0.29, 0.717) is 0 Å². The van der Waals surface area contributed by atoms with Crippen LogP contribution in [0.25, 0.3) is 120 Å². The Hall–Kier alpha value is -6.76. The van der Waals surface area contributed by atoms with E-state index in [-0.39, 0.29) is 0 Å². The number of hydrogen-bond donors (Lipinski definition) is 0. The van der Waals surface area contributed by atoms with E-state index in [1.54, 1.807) is 0 Å². The maximum absolute atomic E-state index is 2.53. The van der Waals surface area contributed by atoms with Crippen molar-refractivity contribution in [1.82, 2.24) is 0 Å². The largest absolute Gasteiger partial charge is 0.0622 e. The summed E-state index contributed by atoms with van der Waals surface area (Å²) in [4.78, 5) is 0. The van der Waals surface area contributed by atoms with Crippen LogP contribution in [0.15, 0.2) is 182 Å². The molecule has 0 spiro atoms. The lowest BCUT2D eigenvalue weighted by molar-refractivity contribution is 1.67. The van der Waals surface area contributed by atoms with Crippen molar-refractivity contribution in [2.75, 3.05) is 0 Å². The van der Waals surface area contributed by atoms with Crippen LogP contribution < -0.4 is 0 Å². The van der Waals surface area contributed by atoms with E-state index >= 15 is 0 Å². The third-order valence-electron chi connectivity index (χ3n) is 11.7. The minimum absolute atomic E-state index is 1.25. The molecule has 0 nitrogen and oxygen atoms in total. The smallest absolute Gasteiger partial charge is 0.000719 e. The minimum atomic E-state index is 1.25. The third-order valence-corrected chi connectivity index (χ3v) is 11.7. The first-order valence-corrected chi connectivity index (χ1v) is 18.2. The van der Waals surface area contributed by atoms with Crippen LogP contribution in [-0.4, -0.2) is 0 Å². The lowest BCUT2D eigenvalue weighted by Gasteiger charge is -2.17. The predicted octanol–water partition coefficient (Wildman–Crippen LogP) is 14.8. The number of hydrogen-bond acceptors (Lipinski definition) is 0. The zero-order chi connectivity index (χ0) is 33.9. The van der Waals surface area contributed by atoms with Gasteiger partial charge in [-0.15, -0.1) is 0 Å². The summed E-state index contributed by atoms with van der Waals surface area (Å²) in [6.45, 7) is 0. The Bertz CT molecular complexity index is 3360. The molecule has 0 aliphatic rings. The highest BCUT2D eigenvalue weighted by Crippen LogP contribution is 2.54. The molecule has 0 heteroatoms. The van der Waals surface area contributed by atoms with E-state index in [4.69, 9.17) is 0 Å². The predicted molar refractivity (Wildman–Crippen MR) is 225 cm³/mol. The van der Waals surface area contributed by atoms with Gasteiger partial charge in [-0.3, -0.25) is 0 Å². The van der Waals surface area contributed by atoms with Crippen LogP contribution in [-0.2, 0) is 0 Å². The van der Waals surface area contributed by atoms with Gasteiger partial charge < -0.3 is 0 Å². The Labute approximate surface area is 300 Å². The van der Waals surface area contributed by atoms with Gasteiger partial charge in [-0.05, 0) is 138 Å². The SMILES string of the molecule is c1ccc(-c2ccc3c4cc5c(-c6ccccc6)c6c7cccc8c9ccccc9cc(c6c(-c6ccccc6)c5cc4c4cccc2c34)c87)cc1. The fourth-order valence-corrected chi connectivity index (χ4v) is 9.62. The van der Waals surface area contributed by atoms with Crippen LogP contribution in [0.1, 0.15) is 0 Å². The van der Waals surface area contributed by atoms with Crippen LogP contribution in [0.5, 0.6) is 0 Å². The standard InChI is InChI=1S/C52H30/c1-4-14-31(15-5-1)36-26-27-40-43-30-44-45(29-42(43)39-24-12-22-38(36)49(39)40)48(33-18-8-3-9-19-33)52-46-28-34-20-10-11-21-35(34)37-23-13-25-41(50(37)46)51(52)47(44)32-16-6-2-7-17-32/h1-30H. The molecule has 238 valence electrons. The third kappa shape index (κ3) is 3.66. The molecule has 0 amide bonds. The van der Waals surface area contributed by atoms with E-state index in [2.05, 4.69) is 182 Å². The van der Waals surface area contributed by atoms with Crippen molar-refractivity contribution < 1.29 is 0 Å². The summed E-state index contributed by atoms with van der Waals surface area (Å²) in [7, 11) is 0. The van der Waals surface area contributed by atoms with Gasteiger partial charge in [0.2, 0.25) is 0 Å². The molecule has 0 atom stereocenters. The first-order valence-electron chi connectivity index (χ1n) is 18.2. The van der Waals surface area contributed by atoms with Crippen LogP contribution in [0, 0.1) is 0 Å². The monoisotopic (exact) mass is 654 g/mol. The van der Waals surface area contributed by atoms with Crippen molar-refractivity contribution in [3.63, 3.8) is 0 Å². The number of benzene rings is 10. The normalized spacial score (nSPS) is 12.2. The molecule has 0 N–H and O–H groups in total. The van der Waals surface area contributed by atoms with E-state index in [9.17, 15) is 0 Å². The summed E-state index contributed by atoms with van der Waals surface area (Å²) < 4.78 is 0. The number of rotatable bonds is 3. The zero-order valence-corrected chi connectivity index (χ0v) is 28.3. The first kappa shape index (κ1) is 28.0. The summed E-state index contributed by atoms with van der Waals surface area (Å²) in [6, 6.07) is 67.9. The van der Waals surface area contributed by atoms with Gasteiger partial charge in [0.25, 0.3) is 0 Å². The molecule has 0 aromatic heterocycles. The zero-order valence-electron chi connectivity index (χ0n) is 28.3. The van der Waals surface area contributed by atoms with Gasteiger partial charge in [-0.1, -0.05) is 164 Å². The Kier molecular flexibility index (Phi) is 5.59. The second-order valence-electron chi connectivity index (χ2n) is 14.3. The molecule has 0 fully saturated rings. The fourth-order valence-electron chi connectivity index (χ4n) is 9.62. The molecule has 52 heavy (non-hydrogen) atoms. The van der Waals surface area contributed by atoms with Gasteiger partial charge in [0, 0.05) is 0 Å². The van der Waals surface area contributed by atoms with E-state index < -0.39 is 0 Å². The van der Waals surface area contributed by atoms with Crippen LogP contribution in [0.2, 0.25) is 0 Å². The van der Waals surface area contributed by atoms with E-state index in [1.165, 1.54) is 120 Å². The van der Waals surface area contributed by atoms with Gasteiger partial charge in [0.05, 0.1) is 0 Å². The molecular formula is C52H30. The Morgan fingerprint density at radius 1 is 0.212 bits per heavy atom. The van der Waals surface area contributed by atoms with Crippen molar-refractivity contribution in [2.45, 2.75) is 0 Å². The molecule has 12 aromatic carbocycles. The van der Waals surface area contributed by atoms with Crippen LogP contribution >= 0.6 is 0 Å². The quantitative estimate of drug-likeness (QED) is 0.166. The highest BCUT2D eigenvalue weighted by atomic mass is 14.3. The van der Waals surface area contributed by atoms with Crippen molar-refractivity contribution in [1.29, 1.82) is 0 Å². The molecule has 12 aromatic rings. The molecule has 0 saturated carbocycles. The molecular weight excluding hydrogens is 625 g/mol. The molecule has 0 heterocycles. The Morgan fingerprint density at radius 3 is 1.33 bits per heavy atom. The fraction of sp³-hybridized carbons (Fsp3) is 0. The second-order valence-corrected chi connectivity index (χ2v) is 14.3.